The number of fused-ring (bicyclic) bond motifs is 1. The lowest BCUT2D eigenvalue weighted by atomic mass is 9.81. The molecule has 0 radical (unpaired) electrons. The molecule has 0 bridgehead atoms. The second-order valence-electron chi connectivity index (χ2n) is 6.05. The first-order valence-electron chi connectivity index (χ1n) is 7.53. The molecular formula is C20H17BrO2. The average molecular weight is 369 g/mol. The maximum absolute atomic E-state index is 12.9. The molecular weight excluding hydrogens is 352 g/mol. The highest BCUT2D eigenvalue weighted by Crippen LogP contribution is 2.30. The molecule has 1 aliphatic carbocycles. The minimum absolute atomic E-state index is 0.0249. The standard InChI is InChI=1S/C20H17BrO2/c1-11-8-17-18(9-12(11)2)20(23)16(13(3)19(17)22)10-14-4-6-15(21)7-5-14/h4-9H,10H2,1-3H3. The summed E-state index contributed by atoms with van der Waals surface area (Å²) in [5.74, 6) is -0.0575. The molecule has 2 nitrogen and oxygen atoms in total. The van der Waals surface area contributed by atoms with Gasteiger partial charge in [0.05, 0.1) is 0 Å². The van der Waals surface area contributed by atoms with Crippen LogP contribution in [0.5, 0.6) is 0 Å². The topological polar surface area (TPSA) is 34.1 Å². The molecule has 0 spiro atoms. The zero-order chi connectivity index (χ0) is 16.7. The second kappa shape index (κ2) is 5.89. The van der Waals surface area contributed by atoms with Gasteiger partial charge >= 0.3 is 0 Å². The number of halogens is 1. The van der Waals surface area contributed by atoms with Gasteiger partial charge in [-0.3, -0.25) is 9.59 Å². The monoisotopic (exact) mass is 368 g/mol. The molecule has 0 unspecified atom stereocenters. The van der Waals surface area contributed by atoms with E-state index in [1.54, 1.807) is 6.92 Å². The van der Waals surface area contributed by atoms with Gasteiger partial charge in [0.1, 0.15) is 0 Å². The molecule has 0 aliphatic heterocycles. The molecule has 1 aliphatic rings. The Morgan fingerprint density at radius 2 is 1.35 bits per heavy atom. The Labute approximate surface area is 144 Å². The summed E-state index contributed by atoms with van der Waals surface area (Å²) in [4.78, 5) is 25.6. The zero-order valence-electron chi connectivity index (χ0n) is 13.4. The maximum Gasteiger partial charge on any atom is 0.190 e. The SMILES string of the molecule is CC1=C(Cc2ccc(Br)cc2)C(=O)c2cc(C)c(C)cc2C1=O. The van der Waals surface area contributed by atoms with Crippen molar-refractivity contribution in [2.75, 3.05) is 0 Å². The van der Waals surface area contributed by atoms with Gasteiger partial charge in [0, 0.05) is 33.2 Å². The molecule has 0 saturated heterocycles. The fourth-order valence-electron chi connectivity index (χ4n) is 2.88. The first kappa shape index (κ1) is 15.9. The first-order chi connectivity index (χ1) is 10.9. The van der Waals surface area contributed by atoms with Crippen molar-refractivity contribution in [1.82, 2.24) is 0 Å². The molecule has 3 heteroatoms. The van der Waals surface area contributed by atoms with Crippen molar-refractivity contribution in [2.45, 2.75) is 27.2 Å². The molecule has 116 valence electrons. The van der Waals surface area contributed by atoms with Crippen molar-refractivity contribution < 1.29 is 9.59 Å². The Hall–Kier alpha value is -2.00. The smallest absolute Gasteiger partial charge is 0.190 e. The summed E-state index contributed by atoms with van der Waals surface area (Å²) in [7, 11) is 0. The average Bonchev–Trinajstić information content (AvgIpc) is 2.53. The van der Waals surface area contributed by atoms with E-state index < -0.39 is 0 Å². The lowest BCUT2D eigenvalue weighted by molar-refractivity contribution is 0.0973. The van der Waals surface area contributed by atoms with Crippen LogP contribution in [0, 0.1) is 13.8 Å². The summed E-state index contributed by atoms with van der Waals surface area (Å²) in [5, 5.41) is 0. The molecule has 0 atom stereocenters. The molecule has 2 aromatic carbocycles. The van der Waals surface area contributed by atoms with Gasteiger partial charge in [-0.25, -0.2) is 0 Å². The number of carbonyl (C=O) groups excluding carboxylic acids is 2. The van der Waals surface area contributed by atoms with Crippen molar-refractivity contribution in [3.05, 3.63) is 79.8 Å². The number of Topliss-reactive ketones (excluding diaryl/α,β-unsaturated/α-hetero) is 2. The predicted molar refractivity (Wildman–Crippen MR) is 95.1 cm³/mol. The third-order valence-corrected chi connectivity index (χ3v) is 5.01. The van der Waals surface area contributed by atoms with Crippen LogP contribution in [-0.2, 0) is 6.42 Å². The van der Waals surface area contributed by atoms with Crippen LogP contribution >= 0.6 is 15.9 Å². The fraction of sp³-hybridized carbons (Fsp3) is 0.200. The number of hydrogen-bond donors (Lipinski definition) is 0. The van der Waals surface area contributed by atoms with Gasteiger partial charge in [0.25, 0.3) is 0 Å². The highest BCUT2D eigenvalue weighted by molar-refractivity contribution is 9.10. The fourth-order valence-corrected chi connectivity index (χ4v) is 3.15. The van der Waals surface area contributed by atoms with Gasteiger partial charge in [0.2, 0.25) is 0 Å². The van der Waals surface area contributed by atoms with Gasteiger partial charge in [-0.05, 0) is 61.7 Å². The van der Waals surface area contributed by atoms with Crippen LogP contribution in [-0.4, -0.2) is 11.6 Å². The number of benzene rings is 2. The van der Waals surface area contributed by atoms with Crippen LogP contribution in [0.2, 0.25) is 0 Å². The van der Waals surface area contributed by atoms with E-state index in [0.29, 0.717) is 28.7 Å². The Bertz CT molecular complexity index is 858. The summed E-state index contributed by atoms with van der Waals surface area (Å²) >= 11 is 3.41. The number of ketones is 2. The van der Waals surface area contributed by atoms with Crippen molar-refractivity contribution >= 4 is 27.5 Å². The van der Waals surface area contributed by atoms with E-state index in [1.165, 1.54) is 0 Å². The van der Waals surface area contributed by atoms with Crippen LogP contribution in [0.4, 0.5) is 0 Å². The van der Waals surface area contributed by atoms with E-state index in [0.717, 1.165) is 21.2 Å². The lowest BCUT2D eigenvalue weighted by Crippen LogP contribution is -2.22. The molecule has 2 aromatic rings. The Morgan fingerprint density at radius 3 is 1.91 bits per heavy atom. The van der Waals surface area contributed by atoms with Gasteiger partial charge in [0.15, 0.2) is 11.6 Å². The van der Waals surface area contributed by atoms with Gasteiger partial charge < -0.3 is 0 Å². The second-order valence-corrected chi connectivity index (χ2v) is 6.96. The summed E-state index contributed by atoms with van der Waals surface area (Å²) in [6, 6.07) is 11.5. The van der Waals surface area contributed by atoms with E-state index >= 15 is 0 Å². The first-order valence-corrected chi connectivity index (χ1v) is 8.32. The number of allylic oxidation sites excluding steroid dienone is 2. The van der Waals surface area contributed by atoms with Crippen LogP contribution in [0.1, 0.15) is 44.3 Å². The van der Waals surface area contributed by atoms with E-state index in [1.807, 2.05) is 50.2 Å². The van der Waals surface area contributed by atoms with Crippen LogP contribution in [0.15, 0.2) is 52.0 Å². The Balaban J connectivity index is 2.06. The van der Waals surface area contributed by atoms with Crippen LogP contribution in [0.25, 0.3) is 0 Å². The van der Waals surface area contributed by atoms with E-state index in [4.69, 9.17) is 0 Å². The summed E-state index contributed by atoms with van der Waals surface area (Å²) < 4.78 is 0.995. The summed E-state index contributed by atoms with van der Waals surface area (Å²) in [5.41, 5.74) is 5.34. The van der Waals surface area contributed by atoms with Crippen molar-refractivity contribution in [3.8, 4) is 0 Å². The summed E-state index contributed by atoms with van der Waals surface area (Å²) in [6.07, 6.45) is 0.482. The summed E-state index contributed by atoms with van der Waals surface area (Å²) in [6.45, 7) is 5.68. The normalized spacial score (nSPS) is 14.3. The molecule has 0 amide bonds. The lowest BCUT2D eigenvalue weighted by Gasteiger charge is -2.20. The van der Waals surface area contributed by atoms with Gasteiger partial charge in [-0.1, -0.05) is 28.1 Å². The minimum Gasteiger partial charge on any atom is -0.289 e. The van der Waals surface area contributed by atoms with E-state index in [9.17, 15) is 9.59 Å². The predicted octanol–water partition coefficient (Wildman–Crippen LogP) is 5.00. The molecule has 0 aromatic heterocycles. The van der Waals surface area contributed by atoms with Crippen LogP contribution < -0.4 is 0 Å². The van der Waals surface area contributed by atoms with Crippen LogP contribution in [0.3, 0.4) is 0 Å². The largest absolute Gasteiger partial charge is 0.289 e. The Kier molecular flexibility index (Phi) is 4.07. The zero-order valence-corrected chi connectivity index (χ0v) is 15.0. The van der Waals surface area contributed by atoms with Crippen molar-refractivity contribution in [1.29, 1.82) is 0 Å². The highest BCUT2D eigenvalue weighted by Gasteiger charge is 2.30. The quantitative estimate of drug-likeness (QED) is 0.746. The van der Waals surface area contributed by atoms with Crippen molar-refractivity contribution in [2.24, 2.45) is 0 Å². The molecule has 0 N–H and O–H groups in total. The molecule has 0 heterocycles. The molecule has 0 fully saturated rings. The van der Waals surface area contributed by atoms with E-state index in [-0.39, 0.29) is 11.6 Å². The van der Waals surface area contributed by atoms with Crippen molar-refractivity contribution in [3.63, 3.8) is 0 Å². The van der Waals surface area contributed by atoms with E-state index in [2.05, 4.69) is 15.9 Å². The number of aryl methyl sites for hydroxylation is 2. The van der Waals surface area contributed by atoms with Gasteiger partial charge in [-0.15, -0.1) is 0 Å². The Morgan fingerprint density at radius 1 is 0.826 bits per heavy atom. The molecule has 23 heavy (non-hydrogen) atoms. The number of rotatable bonds is 2. The maximum atomic E-state index is 12.9. The highest BCUT2D eigenvalue weighted by atomic mass is 79.9. The third-order valence-electron chi connectivity index (χ3n) is 4.48. The van der Waals surface area contributed by atoms with Gasteiger partial charge in [-0.2, -0.15) is 0 Å². The minimum atomic E-state index is -0.0326. The molecule has 0 saturated carbocycles. The number of hydrogen-bond acceptors (Lipinski definition) is 2. The molecule has 3 rings (SSSR count). The number of carbonyl (C=O) groups is 2. The third kappa shape index (κ3) is 2.81.